The average Bonchev–Trinajstić information content (AvgIpc) is 2.73. The third kappa shape index (κ3) is 2.56. The summed E-state index contributed by atoms with van der Waals surface area (Å²) in [5.74, 6) is 1.05. The van der Waals surface area contributed by atoms with E-state index < -0.39 is 5.54 Å². The molecule has 0 amide bonds. The van der Waals surface area contributed by atoms with E-state index in [1.165, 1.54) is 0 Å². The molecular formula is C9H12ClN3OS. The largest absolute Gasteiger partial charge is 0.337 e. The monoisotopic (exact) mass is 245 g/mol. The van der Waals surface area contributed by atoms with Crippen molar-refractivity contribution in [3.05, 3.63) is 22.7 Å². The molecule has 2 heterocycles. The topological polar surface area (TPSA) is 64.9 Å². The smallest absolute Gasteiger partial charge is 0.246 e. The van der Waals surface area contributed by atoms with Crippen molar-refractivity contribution in [3.63, 3.8) is 0 Å². The molecule has 0 unspecified atom stereocenters. The van der Waals surface area contributed by atoms with Gasteiger partial charge in [0.05, 0.1) is 5.54 Å². The van der Waals surface area contributed by atoms with Gasteiger partial charge in [-0.25, -0.2) is 0 Å². The third-order valence-corrected chi connectivity index (χ3v) is 2.44. The van der Waals surface area contributed by atoms with Crippen LogP contribution in [0.5, 0.6) is 0 Å². The quantitative estimate of drug-likeness (QED) is 0.883. The van der Waals surface area contributed by atoms with Gasteiger partial charge in [0.15, 0.2) is 0 Å². The Balaban J connectivity index is 0.00000112. The van der Waals surface area contributed by atoms with Crippen LogP contribution in [0.3, 0.4) is 0 Å². The first-order chi connectivity index (χ1) is 6.57. The highest BCUT2D eigenvalue weighted by Gasteiger charge is 2.22. The zero-order valence-corrected chi connectivity index (χ0v) is 10.1. The molecule has 0 saturated heterocycles. The van der Waals surface area contributed by atoms with Gasteiger partial charge in [-0.2, -0.15) is 16.3 Å². The molecule has 0 bridgehead atoms. The number of aromatic nitrogens is 2. The molecular weight excluding hydrogens is 234 g/mol. The van der Waals surface area contributed by atoms with Crippen LogP contribution in [0.2, 0.25) is 0 Å². The summed E-state index contributed by atoms with van der Waals surface area (Å²) in [6, 6.07) is 1.95. The van der Waals surface area contributed by atoms with E-state index in [1.54, 1.807) is 11.3 Å². The number of hydrogen-bond acceptors (Lipinski definition) is 5. The van der Waals surface area contributed by atoms with Gasteiger partial charge in [0, 0.05) is 10.9 Å². The fourth-order valence-electron chi connectivity index (χ4n) is 0.994. The van der Waals surface area contributed by atoms with Crippen LogP contribution < -0.4 is 5.73 Å². The summed E-state index contributed by atoms with van der Waals surface area (Å²) in [7, 11) is 0. The zero-order valence-electron chi connectivity index (χ0n) is 8.43. The average molecular weight is 246 g/mol. The fraction of sp³-hybridized carbons (Fsp3) is 0.333. The summed E-state index contributed by atoms with van der Waals surface area (Å²) in [4.78, 5) is 4.23. The summed E-state index contributed by atoms with van der Waals surface area (Å²) in [5.41, 5.74) is 6.21. The summed E-state index contributed by atoms with van der Waals surface area (Å²) in [6.45, 7) is 3.66. The molecule has 15 heavy (non-hydrogen) atoms. The van der Waals surface area contributed by atoms with Gasteiger partial charge >= 0.3 is 0 Å². The van der Waals surface area contributed by atoms with E-state index >= 15 is 0 Å². The molecule has 2 aromatic rings. The van der Waals surface area contributed by atoms with Crippen LogP contribution in [0.4, 0.5) is 0 Å². The number of rotatable bonds is 2. The molecule has 0 aromatic carbocycles. The van der Waals surface area contributed by atoms with Crippen molar-refractivity contribution >= 4 is 23.7 Å². The van der Waals surface area contributed by atoms with E-state index in [0.717, 1.165) is 5.56 Å². The predicted octanol–water partition coefficient (Wildman–Crippen LogP) is 2.41. The van der Waals surface area contributed by atoms with Gasteiger partial charge in [-0.1, -0.05) is 5.16 Å². The Morgan fingerprint density at radius 3 is 2.67 bits per heavy atom. The lowest BCUT2D eigenvalue weighted by molar-refractivity contribution is 0.312. The first kappa shape index (κ1) is 12.2. The second-order valence-electron chi connectivity index (χ2n) is 3.66. The minimum Gasteiger partial charge on any atom is -0.337 e. The molecule has 0 radical (unpaired) electrons. The van der Waals surface area contributed by atoms with E-state index in [1.807, 2.05) is 30.7 Å². The zero-order chi connectivity index (χ0) is 10.2. The van der Waals surface area contributed by atoms with Crippen molar-refractivity contribution in [2.75, 3.05) is 0 Å². The van der Waals surface area contributed by atoms with Crippen LogP contribution >= 0.6 is 23.7 Å². The minimum atomic E-state index is -0.582. The maximum absolute atomic E-state index is 5.83. The predicted molar refractivity (Wildman–Crippen MR) is 62.1 cm³/mol. The third-order valence-electron chi connectivity index (χ3n) is 1.76. The van der Waals surface area contributed by atoms with Crippen LogP contribution in [0.1, 0.15) is 19.7 Å². The molecule has 0 saturated carbocycles. The number of hydrogen-bond donors (Lipinski definition) is 1. The van der Waals surface area contributed by atoms with Crippen LogP contribution in [0.25, 0.3) is 11.4 Å². The first-order valence-electron chi connectivity index (χ1n) is 4.23. The molecule has 2 rings (SSSR count). The fourth-order valence-corrected chi connectivity index (χ4v) is 1.63. The van der Waals surface area contributed by atoms with Crippen LogP contribution in [0.15, 0.2) is 21.3 Å². The second-order valence-corrected chi connectivity index (χ2v) is 4.44. The van der Waals surface area contributed by atoms with Crippen molar-refractivity contribution in [3.8, 4) is 11.4 Å². The Morgan fingerprint density at radius 1 is 1.47 bits per heavy atom. The second kappa shape index (κ2) is 4.30. The highest BCUT2D eigenvalue weighted by molar-refractivity contribution is 7.08. The normalized spacial score (nSPS) is 11.1. The molecule has 0 aliphatic carbocycles. The maximum atomic E-state index is 5.83. The Kier molecular flexibility index (Phi) is 3.49. The van der Waals surface area contributed by atoms with E-state index in [0.29, 0.717) is 11.7 Å². The van der Waals surface area contributed by atoms with Gasteiger partial charge in [-0.05, 0) is 25.3 Å². The summed E-state index contributed by atoms with van der Waals surface area (Å²) >= 11 is 1.60. The van der Waals surface area contributed by atoms with Gasteiger partial charge in [0.25, 0.3) is 0 Å². The molecule has 82 valence electrons. The van der Waals surface area contributed by atoms with Crippen molar-refractivity contribution in [2.45, 2.75) is 19.4 Å². The molecule has 0 spiro atoms. The Bertz CT molecular complexity index is 419. The molecule has 4 nitrogen and oxygen atoms in total. The Morgan fingerprint density at radius 2 is 2.20 bits per heavy atom. The summed E-state index contributed by atoms with van der Waals surface area (Å²) in [6.07, 6.45) is 0. The van der Waals surface area contributed by atoms with Gasteiger partial charge in [0.2, 0.25) is 11.7 Å². The van der Waals surface area contributed by atoms with Crippen molar-refractivity contribution < 1.29 is 4.52 Å². The van der Waals surface area contributed by atoms with E-state index in [-0.39, 0.29) is 12.4 Å². The standard InChI is InChI=1S/C9H11N3OS.ClH/c1-9(2,10)8-11-7(12-13-8)6-3-4-14-5-6;/h3-5H,10H2,1-2H3;1H. The number of halogens is 1. The highest BCUT2D eigenvalue weighted by atomic mass is 35.5. The molecule has 0 aliphatic rings. The van der Waals surface area contributed by atoms with Crippen LogP contribution in [-0.4, -0.2) is 10.1 Å². The van der Waals surface area contributed by atoms with Gasteiger partial charge < -0.3 is 10.3 Å². The van der Waals surface area contributed by atoms with Crippen LogP contribution in [-0.2, 0) is 5.54 Å². The summed E-state index contributed by atoms with van der Waals surface area (Å²) < 4.78 is 5.07. The van der Waals surface area contributed by atoms with Crippen molar-refractivity contribution in [1.29, 1.82) is 0 Å². The first-order valence-corrected chi connectivity index (χ1v) is 5.17. The SMILES string of the molecule is CC(C)(N)c1nc(-c2ccsc2)no1.Cl. The Hall–Kier alpha value is -0.910. The molecule has 0 fully saturated rings. The highest BCUT2D eigenvalue weighted by Crippen LogP contribution is 2.21. The molecule has 2 N–H and O–H groups in total. The molecule has 0 aliphatic heterocycles. The Labute approximate surface area is 97.9 Å². The van der Waals surface area contributed by atoms with Gasteiger partial charge in [-0.3, -0.25) is 0 Å². The van der Waals surface area contributed by atoms with Gasteiger partial charge in [-0.15, -0.1) is 12.4 Å². The van der Waals surface area contributed by atoms with Crippen LogP contribution in [0, 0.1) is 0 Å². The molecule has 2 aromatic heterocycles. The number of thiophene rings is 1. The lowest BCUT2D eigenvalue weighted by Crippen LogP contribution is -2.28. The van der Waals surface area contributed by atoms with E-state index in [2.05, 4.69) is 10.1 Å². The molecule has 6 heteroatoms. The summed E-state index contributed by atoms with van der Waals surface area (Å²) in [5, 5.41) is 7.81. The minimum absolute atomic E-state index is 0. The molecule has 0 atom stereocenters. The van der Waals surface area contributed by atoms with Crippen molar-refractivity contribution in [2.24, 2.45) is 5.73 Å². The van der Waals surface area contributed by atoms with E-state index in [9.17, 15) is 0 Å². The van der Waals surface area contributed by atoms with Crippen molar-refractivity contribution in [1.82, 2.24) is 10.1 Å². The lowest BCUT2D eigenvalue weighted by Gasteiger charge is -2.10. The maximum Gasteiger partial charge on any atom is 0.246 e. The number of nitrogens with two attached hydrogens (primary N) is 1. The van der Waals surface area contributed by atoms with Gasteiger partial charge in [0.1, 0.15) is 0 Å². The van der Waals surface area contributed by atoms with E-state index in [4.69, 9.17) is 10.3 Å². The lowest BCUT2D eigenvalue weighted by atomic mass is 10.1. The number of nitrogens with zero attached hydrogens (tertiary/aromatic N) is 2.